The van der Waals surface area contributed by atoms with Crippen molar-refractivity contribution in [1.29, 1.82) is 0 Å². The van der Waals surface area contributed by atoms with E-state index in [4.69, 9.17) is 47.4 Å². The fourth-order valence-electron chi connectivity index (χ4n) is 7.59. The van der Waals surface area contributed by atoms with Crippen LogP contribution in [-0.2, 0) is 73.8 Å². The molecule has 0 N–H and O–H groups in total. The van der Waals surface area contributed by atoms with Gasteiger partial charge in [-0.15, -0.1) is 9.24 Å². The molecule has 11 heteroatoms. The number of rotatable bonds is 18. The summed E-state index contributed by atoms with van der Waals surface area (Å²) in [6.45, 7) is 7.98. The molecule has 4 aromatic rings. The zero-order valence-corrected chi connectivity index (χ0v) is 33.6. The van der Waals surface area contributed by atoms with Crippen LogP contribution in [0.1, 0.15) is 43.0 Å². The van der Waals surface area contributed by atoms with Crippen LogP contribution < -0.4 is 0 Å². The van der Waals surface area contributed by atoms with E-state index in [0.717, 1.165) is 22.3 Å². The normalized spacial score (nSPS) is 29.9. The lowest BCUT2D eigenvalue weighted by Crippen LogP contribution is -2.63. The van der Waals surface area contributed by atoms with E-state index in [1.807, 2.05) is 135 Å². The van der Waals surface area contributed by atoms with Crippen LogP contribution in [0.25, 0.3) is 0 Å². The maximum atomic E-state index is 7.16. The predicted octanol–water partition coefficient (Wildman–Crippen LogP) is 7.43. The Morgan fingerprint density at radius 1 is 0.518 bits per heavy atom. The SMILES string of the molecule is CC1C(OCc2ccccc2)[C@@H](OCP)O[C@H](COCc2ccccc2)[C@H]1O[C@@H]1OC(COCc2ccccc2)[C@@H]2OC(C)(C)O[C@@H]2C1OCc1ccccc1. The second kappa shape index (κ2) is 20.1. The molecule has 3 heterocycles. The van der Waals surface area contributed by atoms with Gasteiger partial charge in [0.1, 0.15) is 36.6 Å². The first-order chi connectivity index (χ1) is 27.4. The predicted molar refractivity (Wildman–Crippen MR) is 213 cm³/mol. The highest BCUT2D eigenvalue weighted by molar-refractivity contribution is 7.16. The highest BCUT2D eigenvalue weighted by atomic mass is 31.0. The summed E-state index contributed by atoms with van der Waals surface area (Å²) in [6, 6.07) is 40.3. The highest BCUT2D eigenvalue weighted by Gasteiger charge is 2.58. The minimum Gasteiger partial charge on any atom is -0.374 e. The smallest absolute Gasteiger partial charge is 0.187 e. The molecule has 300 valence electrons. The minimum absolute atomic E-state index is 0.222. The maximum Gasteiger partial charge on any atom is 0.187 e. The van der Waals surface area contributed by atoms with E-state index in [1.54, 1.807) is 0 Å². The lowest BCUT2D eigenvalue weighted by atomic mass is 9.90. The van der Waals surface area contributed by atoms with E-state index in [-0.39, 0.29) is 19.1 Å². The zero-order chi connectivity index (χ0) is 38.7. The Bertz CT molecular complexity index is 1720. The minimum atomic E-state index is -0.885. The van der Waals surface area contributed by atoms with Crippen LogP contribution in [0.2, 0.25) is 0 Å². The van der Waals surface area contributed by atoms with Crippen LogP contribution in [0.5, 0.6) is 0 Å². The lowest BCUT2D eigenvalue weighted by molar-refractivity contribution is -0.353. The van der Waals surface area contributed by atoms with Crippen molar-refractivity contribution in [2.45, 2.75) is 108 Å². The fourth-order valence-corrected chi connectivity index (χ4v) is 7.78. The Morgan fingerprint density at radius 2 is 0.964 bits per heavy atom. The molecule has 3 saturated heterocycles. The average molecular weight is 787 g/mol. The molecule has 7 rings (SSSR count). The standard InChI is InChI=1S/C45H55O10P/c1-31-38(36(28-46-24-32-16-8-4-9-17-32)51-43(50-30-56)39(31)48-26-34-20-12-6-13-21-34)53-44-42(49-27-35-22-14-7-15-23-35)41-40(54-45(2,3)55-41)37(52-44)29-47-25-33-18-10-5-11-19-33/h4-23,31,36-44H,24-30,56H2,1-3H3/t31?,36-,37?,38+,39?,40+,41+,42?,43+,44+/m1/s1. The maximum absolute atomic E-state index is 7.16. The van der Waals surface area contributed by atoms with Crippen molar-refractivity contribution in [2.24, 2.45) is 5.92 Å². The van der Waals surface area contributed by atoms with Gasteiger partial charge in [0, 0.05) is 5.92 Å². The molecule has 56 heavy (non-hydrogen) atoms. The van der Waals surface area contributed by atoms with Gasteiger partial charge in [-0.05, 0) is 36.1 Å². The van der Waals surface area contributed by atoms with Crippen LogP contribution in [0.15, 0.2) is 121 Å². The van der Waals surface area contributed by atoms with Crippen molar-refractivity contribution in [3.8, 4) is 0 Å². The summed E-state index contributed by atoms with van der Waals surface area (Å²) in [4.78, 5) is 0. The summed E-state index contributed by atoms with van der Waals surface area (Å²) in [5, 5.41) is 0. The monoisotopic (exact) mass is 786 g/mol. The Morgan fingerprint density at radius 3 is 1.48 bits per heavy atom. The molecule has 3 fully saturated rings. The van der Waals surface area contributed by atoms with Gasteiger partial charge in [-0.3, -0.25) is 0 Å². The van der Waals surface area contributed by atoms with E-state index < -0.39 is 61.1 Å². The van der Waals surface area contributed by atoms with Crippen molar-refractivity contribution >= 4 is 9.24 Å². The fraction of sp³-hybridized carbons (Fsp3) is 0.467. The molecule has 0 aromatic heterocycles. The molecule has 5 unspecified atom stereocenters. The second-order valence-electron chi connectivity index (χ2n) is 15.0. The molecule has 3 aliphatic heterocycles. The van der Waals surface area contributed by atoms with Crippen LogP contribution in [0.4, 0.5) is 0 Å². The van der Waals surface area contributed by atoms with Crippen LogP contribution in [-0.4, -0.2) is 80.7 Å². The van der Waals surface area contributed by atoms with E-state index in [9.17, 15) is 0 Å². The first-order valence-corrected chi connectivity index (χ1v) is 20.4. The third kappa shape index (κ3) is 10.9. The first kappa shape index (κ1) is 41.1. The van der Waals surface area contributed by atoms with Gasteiger partial charge in [0.2, 0.25) is 0 Å². The Labute approximate surface area is 333 Å². The topological polar surface area (TPSA) is 92.3 Å². The molecule has 0 radical (unpaired) electrons. The molecule has 0 aliphatic carbocycles. The van der Waals surface area contributed by atoms with Gasteiger partial charge in [0.25, 0.3) is 0 Å². The number of hydrogen-bond donors (Lipinski definition) is 0. The second-order valence-corrected chi connectivity index (χ2v) is 15.3. The third-order valence-corrected chi connectivity index (χ3v) is 10.5. The molecule has 3 aliphatic rings. The summed E-state index contributed by atoms with van der Waals surface area (Å²) >= 11 is 0. The molecular formula is C45H55O10P. The van der Waals surface area contributed by atoms with Crippen molar-refractivity contribution in [2.75, 3.05) is 19.6 Å². The van der Waals surface area contributed by atoms with E-state index >= 15 is 0 Å². The number of fused-ring (bicyclic) bond motifs is 1. The molecule has 4 aromatic carbocycles. The van der Waals surface area contributed by atoms with Crippen molar-refractivity contribution < 1.29 is 47.4 Å². The largest absolute Gasteiger partial charge is 0.374 e. The molecule has 0 saturated carbocycles. The van der Waals surface area contributed by atoms with Crippen molar-refractivity contribution in [3.63, 3.8) is 0 Å². The Hall–Kier alpha value is -3.09. The van der Waals surface area contributed by atoms with Crippen LogP contribution >= 0.6 is 9.24 Å². The van der Waals surface area contributed by atoms with Crippen LogP contribution in [0.3, 0.4) is 0 Å². The Kier molecular flexibility index (Phi) is 14.7. The summed E-state index contributed by atoms with van der Waals surface area (Å²) < 4.78 is 66.0. The summed E-state index contributed by atoms with van der Waals surface area (Å²) in [5.74, 6) is -1.10. The summed E-state index contributed by atoms with van der Waals surface area (Å²) in [6.07, 6.45) is -4.89. The number of hydrogen-bond acceptors (Lipinski definition) is 10. The molecule has 0 amide bonds. The quantitative estimate of drug-likeness (QED) is 0.0949. The molecular weight excluding hydrogens is 731 g/mol. The van der Waals surface area contributed by atoms with E-state index in [0.29, 0.717) is 32.8 Å². The van der Waals surface area contributed by atoms with Gasteiger partial charge in [-0.2, -0.15) is 0 Å². The van der Waals surface area contributed by atoms with Crippen molar-refractivity contribution in [1.82, 2.24) is 0 Å². The van der Waals surface area contributed by atoms with Gasteiger partial charge in [-0.1, -0.05) is 128 Å². The number of ether oxygens (including phenoxy) is 10. The summed E-state index contributed by atoms with van der Waals surface area (Å²) in [7, 11) is 2.62. The van der Waals surface area contributed by atoms with Gasteiger partial charge < -0.3 is 47.4 Å². The van der Waals surface area contributed by atoms with Gasteiger partial charge >= 0.3 is 0 Å². The lowest BCUT2D eigenvalue weighted by Gasteiger charge is -2.48. The van der Waals surface area contributed by atoms with Crippen LogP contribution in [0, 0.1) is 5.92 Å². The molecule has 10 nitrogen and oxygen atoms in total. The van der Waals surface area contributed by atoms with Gasteiger partial charge in [0.05, 0.1) is 52.1 Å². The van der Waals surface area contributed by atoms with Crippen molar-refractivity contribution in [3.05, 3.63) is 144 Å². The molecule has 0 spiro atoms. The van der Waals surface area contributed by atoms with Gasteiger partial charge in [-0.25, -0.2) is 0 Å². The highest BCUT2D eigenvalue weighted by Crippen LogP contribution is 2.42. The van der Waals surface area contributed by atoms with E-state index in [2.05, 4.69) is 16.2 Å². The third-order valence-electron chi connectivity index (χ3n) is 10.3. The summed E-state index contributed by atoms with van der Waals surface area (Å²) in [5.41, 5.74) is 4.19. The molecule has 11 atom stereocenters. The van der Waals surface area contributed by atoms with E-state index in [1.165, 1.54) is 0 Å². The average Bonchev–Trinajstić information content (AvgIpc) is 3.55. The molecule has 0 bridgehead atoms. The number of benzene rings is 4. The van der Waals surface area contributed by atoms with Gasteiger partial charge in [0.15, 0.2) is 18.4 Å². The first-order valence-electron chi connectivity index (χ1n) is 19.5. The zero-order valence-electron chi connectivity index (χ0n) is 32.4. The Balaban J connectivity index is 1.16.